The van der Waals surface area contributed by atoms with Crippen molar-refractivity contribution in [3.8, 4) is 0 Å². The van der Waals surface area contributed by atoms with Gasteiger partial charge in [-0.25, -0.2) is 8.78 Å². The molecule has 0 aliphatic rings. The molecular formula is C14H22F2N2. The van der Waals surface area contributed by atoms with E-state index in [4.69, 9.17) is 5.73 Å². The second-order valence-corrected chi connectivity index (χ2v) is 4.75. The summed E-state index contributed by atoms with van der Waals surface area (Å²) in [5, 5.41) is 0. The zero-order chi connectivity index (χ0) is 13.7. The van der Waals surface area contributed by atoms with Crippen molar-refractivity contribution in [1.82, 2.24) is 4.90 Å². The Balaban J connectivity index is 3.06. The Kier molecular flexibility index (Phi) is 5.69. The van der Waals surface area contributed by atoms with Crippen molar-refractivity contribution in [2.75, 3.05) is 13.1 Å². The summed E-state index contributed by atoms with van der Waals surface area (Å²) in [6.07, 6.45) is 0.970. The smallest absolute Gasteiger partial charge is 0.130 e. The molecule has 0 saturated heterocycles. The molecule has 0 aromatic heterocycles. The lowest BCUT2D eigenvalue weighted by Gasteiger charge is -2.34. The molecule has 0 saturated carbocycles. The van der Waals surface area contributed by atoms with Gasteiger partial charge in [0.2, 0.25) is 0 Å². The van der Waals surface area contributed by atoms with Crippen molar-refractivity contribution >= 4 is 0 Å². The van der Waals surface area contributed by atoms with Gasteiger partial charge in [0, 0.05) is 24.2 Å². The number of hydrogen-bond acceptors (Lipinski definition) is 2. The standard InChI is InChI=1S/C14H22F2N2/c1-4-7-18(10(2)3)14(9-17)12-6-5-11(15)8-13(12)16/h5-6,8,10,14H,4,7,9,17H2,1-3H3. The topological polar surface area (TPSA) is 29.3 Å². The van der Waals surface area contributed by atoms with E-state index in [9.17, 15) is 8.78 Å². The minimum atomic E-state index is -0.557. The Morgan fingerprint density at radius 3 is 2.39 bits per heavy atom. The maximum absolute atomic E-state index is 13.8. The molecule has 2 N–H and O–H groups in total. The maximum atomic E-state index is 13.8. The van der Waals surface area contributed by atoms with Crippen molar-refractivity contribution in [2.45, 2.75) is 39.3 Å². The summed E-state index contributed by atoms with van der Waals surface area (Å²) in [5.41, 5.74) is 6.25. The van der Waals surface area contributed by atoms with E-state index in [0.29, 0.717) is 12.1 Å². The number of rotatable bonds is 6. The van der Waals surface area contributed by atoms with Gasteiger partial charge in [-0.2, -0.15) is 0 Å². The predicted octanol–water partition coefficient (Wildman–Crippen LogP) is 3.09. The fourth-order valence-corrected chi connectivity index (χ4v) is 2.24. The first-order chi connectivity index (χ1) is 8.51. The molecule has 1 atom stereocenters. The minimum absolute atomic E-state index is 0.203. The second kappa shape index (κ2) is 6.81. The Labute approximate surface area is 108 Å². The monoisotopic (exact) mass is 256 g/mol. The third-order valence-electron chi connectivity index (χ3n) is 3.09. The highest BCUT2D eigenvalue weighted by Crippen LogP contribution is 2.25. The van der Waals surface area contributed by atoms with Crippen molar-refractivity contribution in [3.05, 3.63) is 35.4 Å². The van der Waals surface area contributed by atoms with Crippen LogP contribution in [0.5, 0.6) is 0 Å². The van der Waals surface area contributed by atoms with E-state index in [-0.39, 0.29) is 12.1 Å². The quantitative estimate of drug-likeness (QED) is 0.847. The van der Waals surface area contributed by atoms with Crippen LogP contribution in [-0.4, -0.2) is 24.0 Å². The van der Waals surface area contributed by atoms with Crippen LogP contribution in [0.4, 0.5) is 8.78 Å². The summed E-state index contributed by atoms with van der Waals surface area (Å²) in [7, 11) is 0. The lowest BCUT2D eigenvalue weighted by molar-refractivity contribution is 0.154. The van der Waals surface area contributed by atoms with Gasteiger partial charge in [-0.15, -0.1) is 0 Å². The summed E-state index contributed by atoms with van der Waals surface area (Å²) >= 11 is 0. The Bertz CT molecular complexity index is 380. The zero-order valence-corrected chi connectivity index (χ0v) is 11.3. The highest BCUT2D eigenvalue weighted by Gasteiger charge is 2.23. The van der Waals surface area contributed by atoms with E-state index < -0.39 is 11.6 Å². The first-order valence-electron chi connectivity index (χ1n) is 6.42. The molecule has 1 aromatic rings. The van der Waals surface area contributed by atoms with Crippen LogP contribution in [0.25, 0.3) is 0 Å². The minimum Gasteiger partial charge on any atom is -0.329 e. The number of nitrogens with zero attached hydrogens (tertiary/aromatic N) is 1. The van der Waals surface area contributed by atoms with Gasteiger partial charge in [-0.3, -0.25) is 4.90 Å². The van der Waals surface area contributed by atoms with Crippen LogP contribution in [0.15, 0.2) is 18.2 Å². The molecule has 4 heteroatoms. The third kappa shape index (κ3) is 3.50. The summed E-state index contributed by atoms with van der Waals surface area (Å²) in [5.74, 6) is -1.08. The summed E-state index contributed by atoms with van der Waals surface area (Å²) in [6.45, 7) is 7.35. The molecule has 0 radical (unpaired) electrons. The summed E-state index contributed by atoms with van der Waals surface area (Å²) in [6, 6.07) is 3.76. The van der Waals surface area contributed by atoms with Crippen LogP contribution >= 0.6 is 0 Å². The number of halogens is 2. The predicted molar refractivity (Wildman–Crippen MR) is 70.3 cm³/mol. The molecule has 0 heterocycles. The molecule has 0 bridgehead atoms. The van der Waals surface area contributed by atoms with Crippen LogP contribution in [0.1, 0.15) is 38.8 Å². The summed E-state index contributed by atoms with van der Waals surface area (Å²) in [4.78, 5) is 2.15. The molecule has 102 valence electrons. The van der Waals surface area contributed by atoms with Gasteiger partial charge < -0.3 is 5.73 Å². The molecule has 2 nitrogen and oxygen atoms in total. The fourth-order valence-electron chi connectivity index (χ4n) is 2.24. The highest BCUT2D eigenvalue weighted by molar-refractivity contribution is 5.22. The van der Waals surface area contributed by atoms with Crippen molar-refractivity contribution in [2.24, 2.45) is 5.73 Å². The highest BCUT2D eigenvalue weighted by atomic mass is 19.1. The second-order valence-electron chi connectivity index (χ2n) is 4.75. The molecular weight excluding hydrogens is 234 g/mol. The first kappa shape index (κ1) is 15.1. The average molecular weight is 256 g/mol. The Hall–Kier alpha value is -1.00. The Morgan fingerprint density at radius 2 is 1.94 bits per heavy atom. The first-order valence-corrected chi connectivity index (χ1v) is 6.42. The van der Waals surface area contributed by atoms with E-state index in [1.54, 1.807) is 0 Å². The molecule has 0 amide bonds. The van der Waals surface area contributed by atoms with Crippen LogP contribution in [0, 0.1) is 11.6 Å². The van der Waals surface area contributed by atoms with Crippen LogP contribution < -0.4 is 5.73 Å². The van der Waals surface area contributed by atoms with Gasteiger partial charge in [0.05, 0.1) is 6.04 Å². The van der Waals surface area contributed by atoms with Gasteiger partial charge in [0.25, 0.3) is 0 Å². The SMILES string of the molecule is CCCN(C(C)C)C(CN)c1ccc(F)cc1F. The van der Waals surface area contributed by atoms with Gasteiger partial charge in [-0.05, 0) is 32.9 Å². The average Bonchev–Trinajstić information content (AvgIpc) is 2.31. The number of nitrogens with two attached hydrogens (primary N) is 1. The molecule has 0 spiro atoms. The van der Waals surface area contributed by atoms with Crippen molar-refractivity contribution in [3.63, 3.8) is 0 Å². The molecule has 18 heavy (non-hydrogen) atoms. The van der Waals surface area contributed by atoms with Gasteiger partial charge in [0.1, 0.15) is 11.6 Å². The van der Waals surface area contributed by atoms with E-state index in [1.807, 2.05) is 0 Å². The molecule has 0 fully saturated rings. The van der Waals surface area contributed by atoms with Crippen LogP contribution in [-0.2, 0) is 0 Å². The third-order valence-corrected chi connectivity index (χ3v) is 3.09. The number of hydrogen-bond donors (Lipinski definition) is 1. The van der Waals surface area contributed by atoms with Gasteiger partial charge >= 0.3 is 0 Å². The molecule has 1 rings (SSSR count). The van der Waals surface area contributed by atoms with Crippen molar-refractivity contribution in [1.29, 1.82) is 0 Å². The number of benzene rings is 1. The Morgan fingerprint density at radius 1 is 1.28 bits per heavy atom. The normalized spacial score (nSPS) is 13.3. The lowest BCUT2D eigenvalue weighted by atomic mass is 10.0. The van der Waals surface area contributed by atoms with E-state index >= 15 is 0 Å². The lowest BCUT2D eigenvalue weighted by Crippen LogP contribution is -2.39. The van der Waals surface area contributed by atoms with Gasteiger partial charge in [0.15, 0.2) is 0 Å². The van der Waals surface area contributed by atoms with Crippen molar-refractivity contribution < 1.29 is 8.78 Å². The fraction of sp³-hybridized carbons (Fsp3) is 0.571. The molecule has 1 aromatic carbocycles. The molecule has 1 unspecified atom stereocenters. The molecule has 0 aliphatic carbocycles. The van der Waals surface area contributed by atoms with E-state index in [1.165, 1.54) is 12.1 Å². The zero-order valence-electron chi connectivity index (χ0n) is 11.3. The van der Waals surface area contributed by atoms with E-state index in [2.05, 4.69) is 25.7 Å². The summed E-state index contributed by atoms with van der Waals surface area (Å²) < 4.78 is 26.8. The van der Waals surface area contributed by atoms with Crippen LogP contribution in [0.3, 0.4) is 0 Å². The van der Waals surface area contributed by atoms with Crippen LogP contribution in [0.2, 0.25) is 0 Å². The molecule has 0 aliphatic heterocycles. The van der Waals surface area contributed by atoms with Gasteiger partial charge in [-0.1, -0.05) is 13.0 Å². The van der Waals surface area contributed by atoms with E-state index in [0.717, 1.165) is 19.0 Å². The maximum Gasteiger partial charge on any atom is 0.130 e. The largest absolute Gasteiger partial charge is 0.329 e.